The highest BCUT2D eigenvalue weighted by Gasteiger charge is 2.32. The van der Waals surface area contributed by atoms with Crippen LogP contribution in [0.2, 0.25) is 0 Å². The summed E-state index contributed by atoms with van der Waals surface area (Å²) in [5, 5.41) is 35.4. The number of thioether (sulfide) groups is 1. The number of carbonyl (C=O) groups is 7. The number of aliphatic hydroxyl groups is 1. The summed E-state index contributed by atoms with van der Waals surface area (Å²) in [6.45, 7) is 10.5. The molecule has 0 amide bonds. The summed E-state index contributed by atoms with van der Waals surface area (Å²) in [6.07, 6.45) is -2.35. The third-order valence-corrected chi connectivity index (χ3v) is 8.39. The van der Waals surface area contributed by atoms with Gasteiger partial charge in [0, 0.05) is 19.0 Å². The number of aliphatic hydroxyl groups excluding tert-OH is 1. The van der Waals surface area contributed by atoms with E-state index in [1.807, 2.05) is 11.8 Å². The molecule has 0 aromatic carbocycles. The maximum Gasteiger partial charge on any atom is 0.317 e. The predicted octanol–water partition coefficient (Wildman–Crippen LogP) is 1.94. The minimum absolute atomic E-state index is 0.0544. The van der Waals surface area contributed by atoms with Crippen molar-refractivity contribution in [3.63, 3.8) is 0 Å². The van der Waals surface area contributed by atoms with E-state index in [2.05, 4.69) is 0 Å². The van der Waals surface area contributed by atoms with Gasteiger partial charge in [-0.2, -0.15) is 0 Å². The molecule has 17 heteroatoms. The van der Waals surface area contributed by atoms with Crippen LogP contribution in [0.25, 0.3) is 0 Å². The Morgan fingerprint density at radius 3 is 1.66 bits per heavy atom. The van der Waals surface area contributed by atoms with Gasteiger partial charge in [-0.3, -0.25) is 38.5 Å². The first kappa shape index (κ1) is 43.6. The fourth-order valence-electron chi connectivity index (χ4n) is 3.22. The van der Waals surface area contributed by atoms with Crippen LogP contribution in [0.4, 0.5) is 0 Å². The molecule has 0 radical (unpaired) electrons. The van der Waals surface area contributed by atoms with Gasteiger partial charge in [0.1, 0.15) is 31.2 Å². The number of carboxylic acid groups (broad SMARTS) is 3. The van der Waals surface area contributed by atoms with Crippen LogP contribution in [0.1, 0.15) is 80.1 Å². The van der Waals surface area contributed by atoms with Crippen LogP contribution in [0.15, 0.2) is 0 Å². The predicted molar refractivity (Wildman–Crippen MR) is 166 cm³/mol. The molecule has 0 aromatic rings. The van der Waals surface area contributed by atoms with Gasteiger partial charge in [-0.25, -0.2) is 0 Å². The van der Waals surface area contributed by atoms with E-state index in [0.717, 1.165) is 0 Å². The molecule has 0 spiro atoms. The average molecular weight is 696 g/mol. The lowest BCUT2D eigenvalue weighted by Crippen LogP contribution is -2.37. The Balaban J connectivity index is 0.000000939. The third kappa shape index (κ3) is 19.1. The van der Waals surface area contributed by atoms with Gasteiger partial charge in [-0.05, 0) is 40.5 Å². The van der Waals surface area contributed by atoms with Gasteiger partial charge in [0.25, 0.3) is 0 Å². The monoisotopic (exact) mass is 695 g/mol. The van der Waals surface area contributed by atoms with Gasteiger partial charge >= 0.3 is 41.8 Å². The van der Waals surface area contributed by atoms with Crippen molar-refractivity contribution in [1.29, 1.82) is 0 Å². The van der Waals surface area contributed by atoms with E-state index < -0.39 is 90.0 Å². The maximum absolute atomic E-state index is 12.0. The first-order valence-electron chi connectivity index (χ1n) is 15.1. The average Bonchev–Trinajstić information content (AvgIpc) is 3.47. The van der Waals surface area contributed by atoms with Gasteiger partial charge in [0.05, 0.1) is 36.5 Å². The lowest BCUT2D eigenvalue weighted by Gasteiger charge is -2.23. The zero-order chi connectivity index (χ0) is 36.4. The number of β-amino-alcohol motifs (C(OH)–C–C–N with tert-alkyl or cyclic N) is 1. The second-order valence-electron chi connectivity index (χ2n) is 12.1. The molecule has 47 heavy (non-hydrogen) atoms. The molecule has 3 unspecified atom stereocenters. The van der Waals surface area contributed by atoms with E-state index in [1.54, 1.807) is 34.6 Å². The van der Waals surface area contributed by atoms with E-state index in [-0.39, 0.29) is 25.6 Å². The summed E-state index contributed by atoms with van der Waals surface area (Å²) in [7, 11) is 0. The number of hydrogen-bond donors (Lipinski definition) is 4. The van der Waals surface area contributed by atoms with Crippen LogP contribution < -0.4 is 0 Å². The number of esters is 4. The fraction of sp³-hybridized carbons (Fsp3) is 0.767. The molecule has 4 N–H and O–H groups in total. The molecule has 1 fully saturated rings. The van der Waals surface area contributed by atoms with Gasteiger partial charge in [-0.15, -0.1) is 11.8 Å². The molecule has 0 aliphatic carbocycles. The summed E-state index contributed by atoms with van der Waals surface area (Å²) in [4.78, 5) is 80.5. The summed E-state index contributed by atoms with van der Waals surface area (Å²) < 4.78 is 20.0. The van der Waals surface area contributed by atoms with Crippen molar-refractivity contribution in [2.24, 2.45) is 10.8 Å². The van der Waals surface area contributed by atoms with Crippen LogP contribution in [0.3, 0.4) is 0 Å². The number of rotatable bonds is 20. The zero-order valence-electron chi connectivity index (χ0n) is 27.9. The molecule has 1 saturated heterocycles. The van der Waals surface area contributed by atoms with E-state index >= 15 is 0 Å². The molecule has 0 saturated carbocycles. The molecule has 1 heterocycles. The van der Waals surface area contributed by atoms with Crippen LogP contribution in [-0.4, -0.2) is 123 Å². The van der Waals surface area contributed by atoms with Crippen molar-refractivity contribution in [2.45, 2.75) is 97.5 Å². The Bertz CT molecular complexity index is 1080. The molecule has 0 bridgehead atoms. The number of ether oxygens (including phenoxy) is 4. The van der Waals surface area contributed by atoms with Crippen molar-refractivity contribution < 1.29 is 72.9 Å². The lowest BCUT2D eigenvalue weighted by molar-refractivity contribution is -0.171. The normalized spacial score (nSPS) is 16.1. The number of aliphatic carboxylic acids is 3. The zero-order valence-corrected chi connectivity index (χ0v) is 28.7. The minimum atomic E-state index is -1.18. The second-order valence-corrected chi connectivity index (χ2v) is 13.2. The van der Waals surface area contributed by atoms with Gasteiger partial charge in [0.15, 0.2) is 6.10 Å². The fourth-order valence-corrected chi connectivity index (χ4v) is 4.28. The lowest BCUT2D eigenvalue weighted by atomic mass is 9.91. The number of carbonyl (C=O) groups excluding carboxylic acids is 4. The topological polar surface area (TPSA) is 241 Å². The summed E-state index contributed by atoms with van der Waals surface area (Å²) in [5.74, 6) is -5.13. The molecular weight excluding hydrogens is 646 g/mol. The quantitative estimate of drug-likeness (QED) is 0.105. The van der Waals surface area contributed by atoms with E-state index in [0.29, 0.717) is 31.8 Å². The first-order chi connectivity index (χ1) is 21.7. The highest BCUT2D eigenvalue weighted by atomic mass is 32.2. The van der Waals surface area contributed by atoms with E-state index in [1.165, 1.54) is 11.8 Å². The summed E-state index contributed by atoms with van der Waals surface area (Å²) in [6, 6.07) is 0. The van der Waals surface area contributed by atoms with E-state index in [9.17, 15) is 38.7 Å². The highest BCUT2D eigenvalue weighted by Crippen LogP contribution is 2.24. The Morgan fingerprint density at radius 2 is 1.21 bits per heavy atom. The third-order valence-electron chi connectivity index (χ3n) is 7.12. The maximum atomic E-state index is 12.0. The Kier molecular flexibility index (Phi) is 19.9. The SMILES string of the molecule is CCC(C)(C)C(=O)OCC(COC(=O)CCC(=O)O)OC(=O)CCC(=O)O.CCC(C)(C)C(=O)OCC(O)CN1CSC(C(=O)O)C1. The molecule has 1 aliphatic rings. The van der Waals surface area contributed by atoms with Crippen LogP contribution >= 0.6 is 11.8 Å². The van der Waals surface area contributed by atoms with Crippen molar-refractivity contribution >= 4 is 53.5 Å². The number of hydrogen-bond acceptors (Lipinski definition) is 14. The highest BCUT2D eigenvalue weighted by molar-refractivity contribution is 8.00. The smallest absolute Gasteiger partial charge is 0.317 e. The molecule has 1 rings (SSSR count). The van der Waals surface area contributed by atoms with Crippen molar-refractivity contribution in [2.75, 3.05) is 38.8 Å². The molecule has 1 aliphatic heterocycles. The largest absolute Gasteiger partial charge is 0.481 e. The minimum Gasteiger partial charge on any atom is -0.481 e. The standard InChI is InChI=1S/C17H26O10.C13H23NO5S/c1-4-17(2,3)16(24)26-10-11(27-15(23)8-6-13(20)21)9-25-14(22)7-5-12(18)19;1-4-13(2,3)12(18)19-7-9(15)5-14-6-10(11(16)17)20-8-14/h11H,4-10H2,1-3H3,(H,18,19)(H,20,21);9-10,15H,4-8H2,1-3H3,(H,16,17). The molecule has 16 nitrogen and oxygen atoms in total. The Labute approximate surface area is 278 Å². The summed E-state index contributed by atoms with van der Waals surface area (Å²) >= 11 is 1.34. The first-order valence-corrected chi connectivity index (χ1v) is 16.2. The van der Waals surface area contributed by atoms with E-state index in [4.69, 9.17) is 34.3 Å². The van der Waals surface area contributed by atoms with Crippen LogP contribution in [-0.2, 0) is 52.5 Å². The molecule has 3 atom stereocenters. The van der Waals surface area contributed by atoms with Gasteiger partial charge in [-0.1, -0.05) is 13.8 Å². The van der Waals surface area contributed by atoms with Crippen molar-refractivity contribution in [3.05, 3.63) is 0 Å². The van der Waals surface area contributed by atoms with Crippen molar-refractivity contribution in [3.8, 4) is 0 Å². The Morgan fingerprint density at radius 1 is 0.745 bits per heavy atom. The van der Waals surface area contributed by atoms with Crippen LogP contribution in [0.5, 0.6) is 0 Å². The Hall–Kier alpha value is -3.44. The van der Waals surface area contributed by atoms with Gasteiger partial charge in [0.2, 0.25) is 0 Å². The molecular formula is C30H49NO15S. The number of nitrogens with zero attached hydrogens (tertiary/aromatic N) is 1. The van der Waals surface area contributed by atoms with Gasteiger partial charge < -0.3 is 39.4 Å². The second kappa shape index (κ2) is 21.4. The number of carboxylic acids is 3. The van der Waals surface area contributed by atoms with Crippen molar-refractivity contribution in [1.82, 2.24) is 4.90 Å². The van der Waals surface area contributed by atoms with Crippen LogP contribution in [0, 0.1) is 10.8 Å². The summed E-state index contributed by atoms with van der Waals surface area (Å²) in [5.41, 5.74) is -1.30. The molecule has 270 valence electrons. The molecule has 0 aromatic heterocycles.